The number of aliphatic hydroxyl groups excluding tert-OH is 1. The number of carbonyl (C=O) groups excluding carboxylic acids is 1. The molecule has 2 saturated heterocycles. The van der Waals surface area contributed by atoms with Crippen LogP contribution in [0.15, 0.2) is 30.5 Å². The van der Waals surface area contributed by atoms with Gasteiger partial charge >= 0.3 is 5.97 Å². The van der Waals surface area contributed by atoms with Crippen molar-refractivity contribution < 1.29 is 14.6 Å². The Hall–Kier alpha value is -2.51. The number of cyclic esters (lactones) is 1. The van der Waals surface area contributed by atoms with E-state index in [0.29, 0.717) is 24.1 Å². The van der Waals surface area contributed by atoms with Crippen LogP contribution < -0.4 is 4.90 Å². The minimum atomic E-state index is -0.548. The highest BCUT2D eigenvalue weighted by atomic mass is 16.5. The van der Waals surface area contributed by atoms with Gasteiger partial charge in [0.2, 0.25) is 0 Å². The number of β-amino-alcohol motifs (C(OH)–C–C–N with tert-alkyl or cyclic N) is 1. The Bertz CT molecular complexity index is 947. The Labute approximate surface area is 183 Å². The van der Waals surface area contributed by atoms with Crippen molar-refractivity contribution in [3.8, 4) is 0 Å². The van der Waals surface area contributed by atoms with Crippen LogP contribution >= 0.6 is 0 Å². The van der Waals surface area contributed by atoms with E-state index in [0.717, 1.165) is 48.7 Å². The number of esters is 1. The first-order valence-corrected chi connectivity index (χ1v) is 11.3. The van der Waals surface area contributed by atoms with Gasteiger partial charge in [-0.3, -0.25) is 0 Å². The van der Waals surface area contributed by atoms with Crippen LogP contribution in [0, 0.1) is 12.3 Å². The summed E-state index contributed by atoms with van der Waals surface area (Å²) in [5.74, 6) is 0.723. The number of benzene rings is 1. The maximum atomic E-state index is 11.8. The molecule has 0 amide bonds. The maximum Gasteiger partial charge on any atom is 0.338 e. The van der Waals surface area contributed by atoms with Gasteiger partial charge in [0.25, 0.3) is 0 Å². The number of hydrogen-bond donors (Lipinski definition) is 1. The number of aliphatic hydroxyl groups is 1. The van der Waals surface area contributed by atoms with Crippen molar-refractivity contribution in [1.82, 2.24) is 15.1 Å². The number of ether oxygens (including phenoxy) is 1. The number of fused-ring (bicyclic) bond motifs is 1. The molecule has 3 aliphatic heterocycles. The van der Waals surface area contributed by atoms with E-state index in [9.17, 15) is 9.90 Å². The predicted molar refractivity (Wildman–Crippen MR) is 117 cm³/mol. The van der Waals surface area contributed by atoms with Gasteiger partial charge in [0.15, 0.2) is 5.82 Å². The molecule has 0 unspecified atom stereocenters. The van der Waals surface area contributed by atoms with E-state index in [1.807, 2.05) is 25.1 Å². The van der Waals surface area contributed by atoms with Gasteiger partial charge in [0.05, 0.1) is 11.7 Å². The van der Waals surface area contributed by atoms with Crippen molar-refractivity contribution in [1.29, 1.82) is 0 Å². The first-order chi connectivity index (χ1) is 15.0. The summed E-state index contributed by atoms with van der Waals surface area (Å²) >= 11 is 0. The van der Waals surface area contributed by atoms with Crippen molar-refractivity contribution >= 4 is 11.8 Å². The second kappa shape index (κ2) is 8.20. The van der Waals surface area contributed by atoms with Crippen molar-refractivity contribution in [2.24, 2.45) is 5.41 Å². The normalized spacial score (nSPS) is 21.7. The van der Waals surface area contributed by atoms with Crippen molar-refractivity contribution in [3.63, 3.8) is 0 Å². The van der Waals surface area contributed by atoms with Gasteiger partial charge in [-0.1, -0.05) is 6.07 Å². The molecule has 2 aromatic rings. The molecule has 2 fully saturated rings. The Morgan fingerprint density at radius 3 is 2.58 bits per heavy atom. The number of aromatic nitrogens is 2. The molecular formula is C24H30N4O3. The molecule has 0 bridgehead atoms. The van der Waals surface area contributed by atoms with E-state index < -0.39 is 6.10 Å². The molecular weight excluding hydrogens is 392 g/mol. The van der Waals surface area contributed by atoms with Crippen molar-refractivity contribution in [2.75, 3.05) is 37.6 Å². The lowest BCUT2D eigenvalue weighted by Crippen LogP contribution is -2.47. The number of rotatable bonds is 4. The summed E-state index contributed by atoms with van der Waals surface area (Å²) in [5.41, 5.74) is 3.88. The summed E-state index contributed by atoms with van der Waals surface area (Å²) in [6.45, 7) is 7.05. The molecule has 0 radical (unpaired) electrons. The van der Waals surface area contributed by atoms with Crippen LogP contribution in [0.2, 0.25) is 0 Å². The summed E-state index contributed by atoms with van der Waals surface area (Å²) < 4.78 is 5.15. The number of likely N-dealkylation sites (tertiary alicyclic amines) is 1. The lowest BCUT2D eigenvalue weighted by atomic mass is 9.71. The molecule has 7 heteroatoms. The fraction of sp³-hybridized carbons (Fsp3) is 0.542. The molecule has 0 aliphatic carbocycles. The molecule has 164 valence electrons. The van der Waals surface area contributed by atoms with Crippen LogP contribution in [0.25, 0.3) is 0 Å². The Kier molecular flexibility index (Phi) is 5.40. The van der Waals surface area contributed by atoms with Crippen molar-refractivity contribution in [2.45, 2.75) is 45.3 Å². The fourth-order valence-electron chi connectivity index (χ4n) is 5.45. The highest BCUT2D eigenvalue weighted by Gasteiger charge is 2.38. The van der Waals surface area contributed by atoms with E-state index >= 15 is 0 Å². The molecule has 5 rings (SSSR count). The third-order valence-corrected chi connectivity index (χ3v) is 7.62. The van der Waals surface area contributed by atoms with Gasteiger partial charge in [-0.05, 0) is 80.4 Å². The topological polar surface area (TPSA) is 78.8 Å². The number of nitrogens with zero attached hydrogens (tertiary/aromatic N) is 4. The Morgan fingerprint density at radius 2 is 1.87 bits per heavy atom. The fourth-order valence-corrected chi connectivity index (χ4v) is 5.45. The second-order valence-corrected chi connectivity index (χ2v) is 9.27. The van der Waals surface area contributed by atoms with Crippen LogP contribution in [0.1, 0.15) is 58.8 Å². The predicted octanol–water partition coefficient (Wildman–Crippen LogP) is 2.87. The summed E-state index contributed by atoms with van der Waals surface area (Å²) in [4.78, 5) is 16.5. The SMILES string of the molecule is Cc1c([C@@H](O)CN2CCC3(CC2)CCN(c2cccnn2)CC3)ccc2c1COC2=O. The standard InChI is InChI=1S/C24H30N4O3/c1-17-18(4-5-19-20(17)16-31-23(19)30)21(29)15-27-11-6-24(7-12-27)8-13-28(14-9-24)22-3-2-10-25-26-22/h2-5,10,21,29H,6-9,11-16H2,1H3/t21-/m0/s1. The zero-order chi connectivity index (χ0) is 21.4. The van der Waals surface area contributed by atoms with Gasteiger partial charge in [-0.15, -0.1) is 5.10 Å². The van der Waals surface area contributed by atoms with Gasteiger partial charge in [0, 0.05) is 31.4 Å². The van der Waals surface area contributed by atoms with E-state index in [1.165, 1.54) is 25.7 Å². The van der Waals surface area contributed by atoms with Crippen LogP contribution in [-0.2, 0) is 11.3 Å². The molecule has 31 heavy (non-hydrogen) atoms. The zero-order valence-corrected chi connectivity index (χ0v) is 18.1. The molecule has 4 heterocycles. The van der Waals surface area contributed by atoms with Crippen LogP contribution in [-0.4, -0.2) is 58.9 Å². The number of anilines is 1. The van der Waals surface area contributed by atoms with Gasteiger partial charge < -0.3 is 19.6 Å². The first kappa shape index (κ1) is 20.4. The molecule has 0 saturated carbocycles. The number of hydrogen-bond acceptors (Lipinski definition) is 7. The molecule has 7 nitrogen and oxygen atoms in total. The molecule has 1 aromatic heterocycles. The average Bonchev–Trinajstić information content (AvgIpc) is 3.18. The Balaban J connectivity index is 1.16. The zero-order valence-electron chi connectivity index (χ0n) is 18.1. The minimum absolute atomic E-state index is 0.258. The summed E-state index contributed by atoms with van der Waals surface area (Å²) in [5, 5.41) is 19.2. The molecule has 1 aromatic carbocycles. The smallest absolute Gasteiger partial charge is 0.338 e. The molecule has 1 spiro atoms. The first-order valence-electron chi connectivity index (χ1n) is 11.3. The van der Waals surface area contributed by atoms with E-state index in [4.69, 9.17) is 4.74 Å². The quantitative estimate of drug-likeness (QED) is 0.759. The van der Waals surface area contributed by atoms with Crippen LogP contribution in [0.4, 0.5) is 5.82 Å². The van der Waals surface area contributed by atoms with E-state index in [1.54, 1.807) is 12.3 Å². The Morgan fingerprint density at radius 1 is 1.13 bits per heavy atom. The lowest BCUT2D eigenvalue weighted by molar-refractivity contribution is 0.0447. The van der Waals surface area contributed by atoms with E-state index in [2.05, 4.69) is 20.0 Å². The number of piperidine rings is 2. The highest BCUT2D eigenvalue weighted by molar-refractivity contribution is 5.93. The molecule has 1 N–H and O–H groups in total. The maximum absolute atomic E-state index is 11.8. The van der Waals surface area contributed by atoms with Gasteiger partial charge in [-0.25, -0.2) is 4.79 Å². The minimum Gasteiger partial charge on any atom is -0.457 e. The van der Waals surface area contributed by atoms with Gasteiger partial charge in [0.1, 0.15) is 6.61 Å². The molecule has 3 aliphatic rings. The lowest BCUT2D eigenvalue weighted by Gasteiger charge is -2.47. The highest BCUT2D eigenvalue weighted by Crippen LogP contribution is 2.42. The monoisotopic (exact) mass is 422 g/mol. The van der Waals surface area contributed by atoms with Crippen LogP contribution in [0.3, 0.4) is 0 Å². The largest absolute Gasteiger partial charge is 0.457 e. The second-order valence-electron chi connectivity index (χ2n) is 9.27. The summed E-state index contributed by atoms with van der Waals surface area (Å²) in [6, 6.07) is 7.67. The summed E-state index contributed by atoms with van der Waals surface area (Å²) in [6.07, 6.45) is 5.92. The molecule has 1 atom stereocenters. The summed E-state index contributed by atoms with van der Waals surface area (Å²) in [7, 11) is 0. The van der Waals surface area contributed by atoms with Gasteiger partial charge in [-0.2, -0.15) is 5.10 Å². The van der Waals surface area contributed by atoms with E-state index in [-0.39, 0.29) is 5.97 Å². The average molecular weight is 423 g/mol. The number of carbonyl (C=O) groups is 1. The third-order valence-electron chi connectivity index (χ3n) is 7.62. The van der Waals surface area contributed by atoms with Crippen molar-refractivity contribution in [3.05, 3.63) is 52.7 Å². The third kappa shape index (κ3) is 3.92. The van der Waals surface area contributed by atoms with Crippen LogP contribution in [0.5, 0.6) is 0 Å².